The van der Waals surface area contributed by atoms with Gasteiger partial charge in [0.25, 0.3) is 0 Å². The molecule has 4 rings (SSSR count). The van der Waals surface area contributed by atoms with E-state index in [0.717, 1.165) is 55.6 Å². The Kier molecular flexibility index (Phi) is 5.90. The summed E-state index contributed by atoms with van der Waals surface area (Å²) < 4.78 is 6.23. The monoisotopic (exact) mass is 391 g/mol. The normalized spacial score (nSPS) is 16.4. The van der Waals surface area contributed by atoms with Gasteiger partial charge in [0.2, 0.25) is 0 Å². The first kappa shape index (κ1) is 19.2. The Morgan fingerprint density at radius 3 is 2.79 bits per heavy atom. The summed E-state index contributed by atoms with van der Waals surface area (Å²) in [5, 5.41) is 0. The standard InChI is InChI=1S/C21H25N7O/c1-3-27(2)13-16-11-17(5-9-22-16)29-18-6-10-28(14-18)20-12-19(25-15-26-20)21-23-7-4-8-24-21/h4-5,7-9,11-12,15,18H,3,6,10,13-14H2,1-2H3. The van der Waals surface area contributed by atoms with Crippen molar-refractivity contribution in [2.24, 2.45) is 0 Å². The Bertz CT molecular complexity index is 937. The van der Waals surface area contributed by atoms with Gasteiger partial charge >= 0.3 is 0 Å². The molecule has 1 aliphatic heterocycles. The third kappa shape index (κ3) is 4.83. The van der Waals surface area contributed by atoms with E-state index in [1.807, 2.05) is 24.4 Å². The van der Waals surface area contributed by atoms with Gasteiger partial charge in [0.1, 0.15) is 29.7 Å². The molecule has 1 atom stereocenters. The van der Waals surface area contributed by atoms with Crippen molar-refractivity contribution in [2.45, 2.75) is 26.0 Å². The molecular formula is C21H25N7O. The Morgan fingerprint density at radius 2 is 1.97 bits per heavy atom. The lowest BCUT2D eigenvalue weighted by Gasteiger charge is -2.19. The fraction of sp³-hybridized carbons (Fsp3) is 0.381. The van der Waals surface area contributed by atoms with Crippen LogP contribution >= 0.6 is 0 Å². The Morgan fingerprint density at radius 1 is 1.10 bits per heavy atom. The van der Waals surface area contributed by atoms with Crippen molar-refractivity contribution in [1.82, 2.24) is 29.8 Å². The molecule has 4 heterocycles. The molecule has 0 radical (unpaired) electrons. The van der Waals surface area contributed by atoms with Crippen molar-refractivity contribution in [1.29, 1.82) is 0 Å². The molecular weight excluding hydrogens is 366 g/mol. The molecule has 0 bridgehead atoms. The van der Waals surface area contributed by atoms with Crippen LogP contribution in [0.3, 0.4) is 0 Å². The molecule has 0 saturated carbocycles. The zero-order chi connectivity index (χ0) is 20.1. The summed E-state index contributed by atoms with van der Waals surface area (Å²) in [5.74, 6) is 2.34. The Labute approximate surface area is 170 Å². The second kappa shape index (κ2) is 8.91. The summed E-state index contributed by atoms with van der Waals surface area (Å²) in [7, 11) is 2.08. The lowest BCUT2D eigenvalue weighted by molar-refractivity contribution is 0.224. The van der Waals surface area contributed by atoms with E-state index in [-0.39, 0.29) is 6.10 Å². The number of hydrogen-bond donors (Lipinski definition) is 0. The van der Waals surface area contributed by atoms with Crippen molar-refractivity contribution >= 4 is 5.82 Å². The van der Waals surface area contributed by atoms with Crippen molar-refractivity contribution in [3.05, 3.63) is 54.9 Å². The highest BCUT2D eigenvalue weighted by molar-refractivity contribution is 5.55. The smallest absolute Gasteiger partial charge is 0.178 e. The zero-order valence-electron chi connectivity index (χ0n) is 16.8. The predicted octanol–water partition coefficient (Wildman–Crippen LogP) is 2.44. The zero-order valence-corrected chi connectivity index (χ0v) is 16.8. The van der Waals surface area contributed by atoms with E-state index < -0.39 is 0 Å². The summed E-state index contributed by atoms with van der Waals surface area (Å²) in [4.78, 5) is 26.1. The lowest BCUT2D eigenvalue weighted by atomic mass is 10.3. The second-order valence-corrected chi connectivity index (χ2v) is 7.12. The van der Waals surface area contributed by atoms with Crippen LogP contribution in [0.15, 0.2) is 49.2 Å². The molecule has 1 unspecified atom stereocenters. The van der Waals surface area contributed by atoms with Crippen molar-refractivity contribution in [2.75, 3.05) is 31.6 Å². The number of hydrogen-bond acceptors (Lipinski definition) is 8. The van der Waals surface area contributed by atoms with Gasteiger partial charge < -0.3 is 14.5 Å². The Hall–Kier alpha value is -3.13. The molecule has 29 heavy (non-hydrogen) atoms. The van der Waals surface area contributed by atoms with Crippen LogP contribution in [0.1, 0.15) is 19.0 Å². The van der Waals surface area contributed by atoms with Gasteiger partial charge in [0, 0.05) is 50.2 Å². The summed E-state index contributed by atoms with van der Waals surface area (Å²) in [6.45, 7) is 5.59. The summed E-state index contributed by atoms with van der Waals surface area (Å²) in [6, 6.07) is 7.68. The average Bonchev–Trinajstić information content (AvgIpc) is 3.23. The van der Waals surface area contributed by atoms with Gasteiger partial charge in [0.15, 0.2) is 5.82 Å². The molecule has 3 aromatic heterocycles. The van der Waals surface area contributed by atoms with Gasteiger partial charge in [-0.15, -0.1) is 0 Å². The maximum absolute atomic E-state index is 6.23. The van der Waals surface area contributed by atoms with Gasteiger partial charge in [-0.3, -0.25) is 4.98 Å². The first-order chi connectivity index (χ1) is 14.2. The highest BCUT2D eigenvalue weighted by Gasteiger charge is 2.25. The molecule has 0 spiro atoms. The molecule has 3 aromatic rings. The van der Waals surface area contributed by atoms with Gasteiger partial charge in [-0.2, -0.15) is 0 Å². The van der Waals surface area contributed by atoms with Gasteiger partial charge in [0.05, 0.1) is 12.2 Å². The maximum Gasteiger partial charge on any atom is 0.178 e. The molecule has 8 nitrogen and oxygen atoms in total. The highest BCUT2D eigenvalue weighted by Crippen LogP contribution is 2.24. The molecule has 0 amide bonds. The lowest BCUT2D eigenvalue weighted by Crippen LogP contribution is -2.25. The highest BCUT2D eigenvalue weighted by atomic mass is 16.5. The SMILES string of the molecule is CCN(C)Cc1cc(OC2CCN(c3cc(-c4ncccn4)ncn3)C2)ccn1. The van der Waals surface area contributed by atoms with Crippen molar-refractivity contribution < 1.29 is 4.74 Å². The fourth-order valence-corrected chi connectivity index (χ4v) is 3.30. The second-order valence-electron chi connectivity index (χ2n) is 7.12. The molecule has 8 heteroatoms. The van der Waals surface area contributed by atoms with Crippen LogP contribution in [0.5, 0.6) is 5.75 Å². The van der Waals surface area contributed by atoms with E-state index in [9.17, 15) is 0 Å². The van der Waals surface area contributed by atoms with E-state index in [0.29, 0.717) is 5.82 Å². The van der Waals surface area contributed by atoms with Crippen LogP contribution in [0.2, 0.25) is 0 Å². The van der Waals surface area contributed by atoms with Gasteiger partial charge in [-0.1, -0.05) is 6.92 Å². The molecule has 1 saturated heterocycles. The maximum atomic E-state index is 6.23. The molecule has 0 N–H and O–H groups in total. The van der Waals surface area contributed by atoms with E-state index in [1.54, 1.807) is 24.8 Å². The van der Waals surface area contributed by atoms with Crippen LogP contribution in [-0.2, 0) is 6.54 Å². The van der Waals surface area contributed by atoms with Crippen LogP contribution < -0.4 is 9.64 Å². The molecule has 0 aromatic carbocycles. The first-order valence-corrected chi connectivity index (χ1v) is 9.86. The number of aromatic nitrogens is 5. The first-order valence-electron chi connectivity index (χ1n) is 9.86. The van der Waals surface area contributed by atoms with Crippen molar-refractivity contribution in [3.63, 3.8) is 0 Å². The van der Waals surface area contributed by atoms with Crippen LogP contribution in [0.25, 0.3) is 11.5 Å². The summed E-state index contributed by atoms with van der Waals surface area (Å²) >= 11 is 0. The van der Waals surface area contributed by atoms with E-state index in [2.05, 4.69) is 48.7 Å². The summed E-state index contributed by atoms with van der Waals surface area (Å²) in [6.07, 6.45) is 7.86. The third-order valence-corrected chi connectivity index (χ3v) is 4.98. The van der Waals surface area contributed by atoms with E-state index >= 15 is 0 Å². The minimum absolute atomic E-state index is 0.112. The molecule has 150 valence electrons. The van der Waals surface area contributed by atoms with Gasteiger partial charge in [-0.05, 0) is 25.7 Å². The molecule has 1 fully saturated rings. The number of ether oxygens (including phenoxy) is 1. The fourth-order valence-electron chi connectivity index (χ4n) is 3.30. The Balaban J connectivity index is 1.40. The summed E-state index contributed by atoms with van der Waals surface area (Å²) in [5.41, 5.74) is 1.74. The predicted molar refractivity (Wildman–Crippen MR) is 111 cm³/mol. The number of rotatable bonds is 7. The van der Waals surface area contributed by atoms with Crippen LogP contribution in [0.4, 0.5) is 5.82 Å². The minimum Gasteiger partial charge on any atom is -0.488 e. The number of nitrogens with zero attached hydrogens (tertiary/aromatic N) is 7. The average molecular weight is 391 g/mol. The third-order valence-electron chi connectivity index (χ3n) is 4.98. The largest absolute Gasteiger partial charge is 0.488 e. The van der Waals surface area contributed by atoms with Crippen LogP contribution in [0, 0.1) is 0 Å². The number of pyridine rings is 1. The quantitative estimate of drug-likeness (QED) is 0.608. The van der Waals surface area contributed by atoms with Crippen LogP contribution in [-0.4, -0.2) is 62.6 Å². The minimum atomic E-state index is 0.112. The van der Waals surface area contributed by atoms with E-state index in [4.69, 9.17) is 4.74 Å². The number of anilines is 1. The van der Waals surface area contributed by atoms with E-state index in [1.165, 1.54) is 0 Å². The van der Waals surface area contributed by atoms with Crippen molar-refractivity contribution in [3.8, 4) is 17.3 Å². The van der Waals surface area contributed by atoms with Gasteiger partial charge in [-0.25, -0.2) is 19.9 Å². The molecule has 0 aliphatic carbocycles. The topological polar surface area (TPSA) is 80.2 Å². The molecule has 1 aliphatic rings.